The highest BCUT2D eigenvalue weighted by Crippen LogP contribution is 2.39. The first-order valence-corrected chi connectivity index (χ1v) is 13.0. The van der Waals surface area contributed by atoms with Crippen LogP contribution in [0, 0.1) is 0 Å². The van der Waals surface area contributed by atoms with E-state index in [0.29, 0.717) is 61.2 Å². The van der Waals surface area contributed by atoms with Gasteiger partial charge in [0, 0.05) is 30.8 Å². The third kappa shape index (κ3) is 5.06. The lowest BCUT2D eigenvalue weighted by Gasteiger charge is -2.32. The summed E-state index contributed by atoms with van der Waals surface area (Å²) in [6.45, 7) is 0.983. The van der Waals surface area contributed by atoms with Gasteiger partial charge in [-0.2, -0.15) is 18.3 Å². The summed E-state index contributed by atoms with van der Waals surface area (Å²) in [4.78, 5) is 39.3. The van der Waals surface area contributed by atoms with Crippen LogP contribution in [0.2, 0.25) is 0 Å². The molecule has 1 saturated heterocycles. The van der Waals surface area contributed by atoms with Crippen LogP contribution in [0.3, 0.4) is 0 Å². The third-order valence-corrected chi connectivity index (χ3v) is 7.51. The minimum Gasteiger partial charge on any atom is -0.382 e. The number of amides is 2. The predicted molar refractivity (Wildman–Crippen MR) is 141 cm³/mol. The number of carbonyl (C=O) groups is 2. The van der Waals surface area contributed by atoms with Crippen LogP contribution in [-0.2, 0) is 11.0 Å². The van der Waals surface area contributed by atoms with Crippen molar-refractivity contribution in [2.45, 2.75) is 43.4 Å². The van der Waals surface area contributed by atoms with Crippen molar-refractivity contribution >= 4 is 34.5 Å². The van der Waals surface area contributed by atoms with E-state index in [-0.39, 0.29) is 29.0 Å². The molecule has 1 saturated carbocycles. The number of fused-ring (bicyclic) bond motifs is 1. The molecule has 4 N–H and O–H groups in total. The Labute approximate surface area is 231 Å². The van der Waals surface area contributed by atoms with Gasteiger partial charge in [0.05, 0.1) is 16.9 Å². The van der Waals surface area contributed by atoms with Gasteiger partial charge in [-0.25, -0.2) is 19.6 Å². The van der Waals surface area contributed by atoms with E-state index in [1.165, 1.54) is 18.5 Å². The number of hydrogen-bond acceptors (Lipinski definition) is 8. The summed E-state index contributed by atoms with van der Waals surface area (Å²) >= 11 is 0. The number of alkyl halides is 3. The van der Waals surface area contributed by atoms with Gasteiger partial charge >= 0.3 is 6.18 Å². The van der Waals surface area contributed by atoms with E-state index in [4.69, 9.17) is 10.8 Å². The maximum atomic E-state index is 13.0. The van der Waals surface area contributed by atoms with Crippen molar-refractivity contribution in [3.8, 4) is 5.69 Å². The van der Waals surface area contributed by atoms with Gasteiger partial charge in [-0.05, 0) is 62.1 Å². The first-order valence-electron chi connectivity index (χ1n) is 13.0. The molecule has 1 aliphatic heterocycles. The molecule has 2 amide bonds. The van der Waals surface area contributed by atoms with Crippen molar-refractivity contribution < 1.29 is 27.9 Å². The molecular formula is C27H25F3N8O3. The van der Waals surface area contributed by atoms with Gasteiger partial charge in [-0.3, -0.25) is 9.59 Å². The van der Waals surface area contributed by atoms with Crippen molar-refractivity contribution in [2.75, 3.05) is 24.1 Å². The Bertz CT molecular complexity index is 1640. The van der Waals surface area contributed by atoms with Crippen molar-refractivity contribution in [2.24, 2.45) is 0 Å². The van der Waals surface area contributed by atoms with E-state index in [2.05, 4.69) is 20.3 Å². The molecule has 3 aromatic heterocycles. The molecule has 0 radical (unpaired) electrons. The molecule has 41 heavy (non-hydrogen) atoms. The molecule has 1 aliphatic carbocycles. The molecule has 1 aromatic carbocycles. The number of hydrogen-bond donors (Lipinski definition) is 3. The van der Waals surface area contributed by atoms with Crippen LogP contribution in [0.1, 0.15) is 53.2 Å². The molecule has 0 unspecified atom stereocenters. The van der Waals surface area contributed by atoms with Crippen molar-refractivity contribution in [3.63, 3.8) is 0 Å². The highest BCUT2D eigenvalue weighted by Gasteiger charge is 2.50. The lowest BCUT2D eigenvalue weighted by atomic mass is 9.92. The predicted octanol–water partition coefficient (Wildman–Crippen LogP) is 3.29. The molecule has 11 nitrogen and oxygen atoms in total. The SMILES string of the molecule is Nc1ncnc2c(C3CCN(C(=O)C4(O)CC4)CC3)nn(-c3ccc(C(=O)Nc4cc(C(F)(F)F)ccn4)cc3)c12. The second kappa shape index (κ2) is 9.80. The van der Waals surface area contributed by atoms with Crippen molar-refractivity contribution in [1.29, 1.82) is 0 Å². The summed E-state index contributed by atoms with van der Waals surface area (Å²) in [5.74, 6) is -0.855. The Kier molecular flexibility index (Phi) is 6.36. The highest BCUT2D eigenvalue weighted by molar-refractivity contribution is 6.04. The molecule has 4 heterocycles. The van der Waals surface area contributed by atoms with Crippen LogP contribution in [-0.4, -0.2) is 65.2 Å². The number of nitrogens with one attached hydrogen (secondary N) is 1. The van der Waals surface area contributed by atoms with E-state index >= 15 is 0 Å². The van der Waals surface area contributed by atoms with E-state index in [1.807, 2.05) is 0 Å². The molecule has 2 fully saturated rings. The quantitative estimate of drug-likeness (QED) is 0.333. The van der Waals surface area contributed by atoms with Crippen LogP contribution in [0.5, 0.6) is 0 Å². The first kappa shape index (κ1) is 26.6. The topological polar surface area (TPSA) is 152 Å². The summed E-state index contributed by atoms with van der Waals surface area (Å²) in [5, 5.41) is 17.4. The van der Waals surface area contributed by atoms with E-state index in [0.717, 1.165) is 18.3 Å². The zero-order valence-electron chi connectivity index (χ0n) is 21.6. The fourth-order valence-electron chi connectivity index (χ4n) is 5.06. The molecule has 0 atom stereocenters. The summed E-state index contributed by atoms with van der Waals surface area (Å²) in [6.07, 6.45) is 0.0601. The number of nitrogens with zero attached hydrogens (tertiary/aromatic N) is 6. The summed E-state index contributed by atoms with van der Waals surface area (Å²) in [5.41, 5.74) is 6.66. The third-order valence-electron chi connectivity index (χ3n) is 7.51. The zero-order valence-corrected chi connectivity index (χ0v) is 21.6. The zero-order chi connectivity index (χ0) is 28.9. The largest absolute Gasteiger partial charge is 0.416 e. The number of carbonyl (C=O) groups excluding carboxylic acids is 2. The second-order valence-corrected chi connectivity index (χ2v) is 10.3. The molecule has 4 aromatic rings. The number of benzene rings is 1. The summed E-state index contributed by atoms with van der Waals surface area (Å²) in [6, 6.07) is 7.88. The fourth-order valence-corrected chi connectivity index (χ4v) is 5.06. The maximum Gasteiger partial charge on any atom is 0.416 e. The van der Waals surface area contributed by atoms with Crippen LogP contribution in [0.25, 0.3) is 16.7 Å². The van der Waals surface area contributed by atoms with Crippen LogP contribution >= 0.6 is 0 Å². The van der Waals surface area contributed by atoms with Crippen LogP contribution in [0.4, 0.5) is 24.8 Å². The lowest BCUT2D eigenvalue weighted by molar-refractivity contribution is -0.143. The Morgan fingerprint density at radius 3 is 2.41 bits per heavy atom. The van der Waals surface area contributed by atoms with Gasteiger partial charge in [-0.1, -0.05) is 0 Å². The number of likely N-dealkylation sites (tertiary alicyclic amines) is 1. The molecular weight excluding hydrogens is 541 g/mol. The Balaban J connectivity index is 1.23. The Morgan fingerprint density at radius 2 is 1.76 bits per heavy atom. The summed E-state index contributed by atoms with van der Waals surface area (Å²) in [7, 11) is 0. The molecule has 212 valence electrons. The normalized spacial score (nSPS) is 17.0. The first-order chi connectivity index (χ1) is 19.5. The number of halogens is 3. The van der Waals surface area contributed by atoms with E-state index < -0.39 is 23.2 Å². The van der Waals surface area contributed by atoms with Gasteiger partial charge in [0.1, 0.15) is 28.8 Å². The minimum atomic E-state index is -4.56. The number of anilines is 2. The highest BCUT2D eigenvalue weighted by atomic mass is 19.4. The van der Waals surface area contributed by atoms with E-state index in [9.17, 15) is 27.9 Å². The number of rotatable bonds is 5. The van der Waals surface area contributed by atoms with Gasteiger partial charge in [0.2, 0.25) is 0 Å². The average Bonchev–Trinajstić information content (AvgIpc) is 3.59. The molecule has 6 rings (SSSR count). The molecule has 0 bridgehead atoms. The van der Waals surface area contributed by atoms with E-state index in [1.54, 1.807) is 21.7 Å². The van der Waals surface area contributed by atoms with Crippen LogP contribution in [0.15, 0.2) is 48.9 Å². The molecule has 0 spiro atoms. The number of piperidine rings is 1. The second-order valence-electron chi connectivity index (χ2n) is 10.3. The van der Waals surface area contributed by atoms with Crippen molar-refractivity contribution in [1.82, 2.24) is 29.6 Å². The standard InChI is InChI=1S/C27H25F3N8O3/c28-27(29,30)17-5-10-32-19(13-17)35-24(39)16-1-3-18(4-2-16)38-22-21(33-14-34-23(22)31)20(36-38)15-6-11-37(12-7-15)25(40)26(41)8-9-26/h1-5,10,13-15,41H,6-9,11-12H2,(H2,31,33,34)(H,32,35,39). The van der Waals surface area contributed by atoms with Gasteiger partial charge in [0.25, 0.3) is 11.8 Å². The average molecular weight is 567 g/mol. The monoisotopic (exact) mass is 566 g/mol. The van der Waals surface area contributed by atoms with Crippen LogP contribution < -0.4 is 11.1 Å². The van der Waals surface area contributed by atoms with Gasteiger partial charge in [0.15, 0.2) is 5.82 Å². The number of nitrogens with two attached hydrogens (primary N) is 1. The minimum absolute atomic E-state index is 0.00374. The Morgan fingerprint density at radius 1 is 1.05 bits per heavy atom. The number of pyridine rings is 1. The molecule has 2 aliphatic rings. The fraction of sp³-hybridized carbons (Fsp3) is 0.333. The maximum absolute atomic E-state index is 13.0. The number of aliphatic hydroxyl groups is 1. The molecule has 14 heteroatoms. The lowest BCUT2D eigenvalue weighted by Crippen LogP contribution is -2.44. The Hall–Kier alpha value is -4.59. The number of nitrogen functional groups attached to an aromatic ring is 1. The number of aromatic nitrogens is 5. The smallest absolute Gasteiger partial charge is 0.382 e. The van der Waals surface area contributed by atoms with Gasteiger partial charge < -0.3 is 21.1 Å². The summed E-state index contributed by atoms with van der Waals surface area (Å²) < 4.78 is 40.6. The van der Waals surface area contributed by atoms with Crippen molar-refractivity contribution in [3.05, 3.63) is 65.7 Å². The van der Waals surface area contributed by atoms with Gasteiger partial charge in [-0.15, -0.1) is 0 Å².